The van der Waals surface area contributed by atoms with Gasteiger partial charge in [-0.15, -0.1) is 0 Å². The van der Waals surface area contributed by atoms with Crippen molar-refractivity contribution in [2.75, 3.05) is 19.8 Å². The van der Waals surface area contributed by atoms with Crippen molar-refractivity contribution in [1.82, 2.24) is 10.3 Å². The van der Waals surface area contributed by atoms with Gasteiger partial charge in [0.2, 0.25) is 0 Å². The number of halogens is 2. The molecule has 2 heterocycles. The average molecular weight is 688 g/mol. The summed E-state index contributed by atoms with van der Waals surface area (Å²) in [6, 6.07) is 15.3. The molecule has 12 heteroatoms. The number of nitrogens with zero attached hydrogens (tertiary/aromatic N) is 2. The Labute approximate surface area is 288 Å². The van der Waals surface area contributed by atoms with E-state index in [9.17, 15) is 15.2 Å². The second kappa shape index (κ2) is 15.1. The molecule has 1 aromatic heterocycles. The van der Waals surface area contributed by atoms with Gasteiger partial charge in [-0.3, -0.25) is 15.1 Å². The molecule has 1 aliphatic carbocycles. The number of aliphatic hydroxyl groups is 1. The highest BCUT2D eigenvalue weighted by Crippen LogP contribution is 2.45. The van der Waals surface area contributed by atoms with E-state index >= 15 is 4.39 Å². The molecule has 0 fully saturated rings. The summed E-state index contributed by atoms with van der Waals surface area (Å²) >= 11 is 6.79. The molecule has 0 amide bonds. The number of fused-ring (bicyclic) bond motifs is 2. The van der Waals surface area contributed by atoms with Crippen LogP contribution in [-0.4, -0.2) is 48.0 Å². The number of nitrogens with one attached hydrogen (secondary N) is 1. The second-order valence-corrected chi connectivity index (χ2v) is 12.4. The summed E-state index contributed by atoms with van der Waals surface area (Å²) < 4.78 is 44.7. The number of benzene rings is 3. The summed E-state index contributed by atoms with van der Waals surface area (Å²) in [6.07, 6.45) is 3.65. The molecular formula is C37H35ClFN3O7. The molecule has 254 valence electrons. The van der Waals surface area contributed by atoms with E-state index in [0.717, 1.165) is 16.7 Å². The molecule has 0 saturated heterocycles. The lowest BCUT2D eigenvalue weighted by Gasteiger charge is -2.22. The van der Waals surface area contributed by atoms with E-state index in [2.05, 4.69) is 16.4 Å². The van der Waals surface area contributed by atoms with Gasteiger partial charge in [0.05, 0.1) is 23.3 Å². The van der Waals surface area contributed by atoms with Gasteiger partial charge in [0.1, 0.15) is 49.5 Å². The Morgan fingerprint density at radius 3 is 2.78 bits per heavy atom. The quantitative estimate of drug-likeness (QED) is 0.165. The smallest absolute Gasteiger partial charge is 0.325 e. The van der Waals surface area contributed by atoms with Gasteiger partial charge >= 0.3 is 5.97 Å². The number of carbonyl (C=O) groups is 1. The van der Waals surface area contributed by atoms with Crippen molar-refractivity contribution in [3.63, 3.8) is 0 Å². The van der Waals surface area contributed by atoms with Crippen LogP contribution in [0.4, 0.5) is 4.39 Å². The standard InChI is InChI=1S/C37H35ClFN3O7/c1-21(2)48-37(44)30(19-43)42-18-24-13-29(38)34(14-33(24)47-20-23-12-22(15-40)16-41-17-23)49-31-8-6-26-25(4-3-5-27(26)31)28-7-9-32-36(35(28)39)46-11-10-45-32/h3-5,7,9,12-14,16-17,21,30-31,42-43H,6,8,10-11,18-20H2,1-2H3/t30?,31-/m0/s1. The third-order valence-corrected chi connectivity index (χ3v) is 8.51. The van der Waals surface area contributed by atoms with Crippen LogP contribution in [0.1, 0.15) is 54.2 Å². The molecule has 1 unspecified atom stereocenters. The van der Waals surface area contributed by atoms with Crippen molar-refractivity contribution < 1.29 is 38.0 Å². The van der Waals surface area contributed by atoms with Gasteiger partial charge in [0.15, 0.2) is 17.3 Å². The van der Waals surface area contributed by atoms with E-state index in [1.165, 1.54) is 6.20 Å². The molecule has 4 aromatic rings. The summed E-state index contributed by atoms with van der Waals surface area (Å²) in [4.78, 5) is 16.6. The number of hydrogen-bond acceptors (Lipinski definition) is 10. The lowest BCUT2D eigenvalue weighted by Crippen LogP contribution is -2.41. The minimum atomic E-state index is -0.968. The molecule has 2 aliphatic rings. The first-order chi connectivity index (χ1) is 23.7. The van der Waals surface area contributed by atoms with Crippen LogP contribution in [0.25, 0.3) is 11.1 Å². The van der Waals surface area contributed by atoms with Crippen molar-refractivity contribution in [3.05, 3.63) is 99.6 Å². The summed E-state index contributed by atoms with van der Waals surface area (Å²) in [5.74, 6) is 0.257. The van der Waals surface area contributed by atoms with E-state index < -0.39 is 24.4 Å². The molecular weight excluding hydrogens is 653 g/mol. The number of rotatable bonds is 12. The molecule has 0 radical (unpaired) electrons. The van der Waals surface area contributed by atoms with E-state index in [4.69, 9.17) is 35.3 Å². The highest BCUT2D eigenvalue weighted by atomic mass is 35.5. The third-order valence-electron chi connectivity index (χ3n) is 8.21. The van der Waals surface area contributed by atoms with Gasteiger partial charge in [-0.1, -0.05) is 29.8 Å². The number of aromatic nitrogens is 1. The van der Waals surface area contributed by atoms with Crippen LogP contribution in [0.2, 0.25) is 5.02 Å². The molecule has 2 N–H and O–H groups in total. The minimum Gasteiger partial charge on any atom is -0.488 e. The van der Waals surface area contributed by atoms with Crippen molar-refractivity contribution in [3.8, 4) is 40.2 Å². The molecule has 0 bridgehead atoms. The van der Waals surface area contributed by atoms with Gasteiger partial charge in [-0.25, -0.2) is 4.39 Å². The molecule has 6 rings (SSSR count). The largest absolute Gasteiger partial charge is 0.488 e. The first-order valence-corrected chi connectivity index (χ1v) is 16.3. The zero-order chi connectivity index (χ0) is 34.5. The van der Waals surface area contributed by atoms with E-state index in [1.807, 2.05) is 18.2 Å². The maximum absolute atomic E-state index is 15.6. The lowest BCUT2D eigenvalue weighted by atomic mass is 9.96. The van der Waals surface area contributed by atoms with Crippen molar-refractivity contribution >= 4 is 17.6 Å². The summed E-state index contributed by atoms with van der Waals surface area (Å²) in [5.41, 5.74) is 4.76. The zero-order valence-corrected chi connectivity index (χ0v) is 27.8. The number of pyridine rings is 1. The molecule has 0 saturated carbocycles. The van der Waals surface area contributed by atoms with Crippen LogP contribution in [0, 0.1) is 17.1 Å². The molecule has 3 aromatic carbocycles. The maximum Gasteiger partial charge on any atom is 0.325 e. The topological polar surface area (TPSA) is 132 Å². The number of hydrogen-bond donors (Lipinski definition) is 2. The number of nitriles is 1. The molecule has 10 nitrogen and oxygen atoms in total. The summed E-state index contributed by atoms with van der Waals surface area (Å²) in [7, 11) is 0. The van der Waals surface area contributed by atoms with Gasteiger partial charge in [-0.05, 0) is 67.6 Å². The van der Waals surface area contributed by atoms with Gasteiger partial charge in [-0.2, -0.15) is 5.26 Å². The van der Waals surface area contributed by atoms with E-state index in [1.54, 1.807) is 50.4 Å². The minimum absolute atomic E-state index is 0.0894. The Kier molecular flexibility index (Phi) is 10.5. The van der Waals surface area contributed by atoms with E-state index in [0.29, 0.717) is 64.0 Å². The van der Waals surface area contributed by atoms with Crippen LogP contribution in [0.3, 0.4) is 0 Å². The Morgan fingerprint density at radius 1 is 1.14 bits per heavy atom. The number of carbonyl (C=O) groups excluding carboxylic acids is 1. The monoisotopic (exact) mass is 687 g/mol. The second-order valence-electron chi connectivity index (χ2n) is 11.9. The number of ether oxygens (including phenoxy) is 5. The fourth-order valence-corrected chi connectivity index (χ4v) is 6.16. The first-order valence-electron chi connectivity index (χ1n) is 16.0. The van der Waals surface area contributed by atoms with E-state index in [-0.39, 0.29) is 37.7 Å². The number of aliphatic hydroxyl groups excluding tert-OH is 1. The predicted molar refractivity (Wildman–Crippen MR) is 178 cm³/mol. The van der Waals surface area contributed by atoms with Gasteiger partial charge in [0, 0.05) is 41.7 Å². The SMILES string of the molecule is CC(C)OC(=O)C(CO)NCc1cc(Cl)c(O[C@H]2CCc3c(-c4ccc5c(c4F)OCCO5)cccc32)cc1OCc1cncc(C#N)c1. The fraction of sp³-hybridized carbons (Fsp3) is 0.324. The Hall–Kier alpha value is -4.89. The average Bonchev–Trinajstić information content (AvgIpc) is 3.52. The third kappa shape index (κ3) is 7.57. The predicted octanol–water partition coefficient (Wildman–Crippen LogP) is 6.23. The molecule has 1 aliphatic heterocycles. The van der Waals surface area contributed by atoms with Crippen molar-refractivity contribution in [2.24, 2.45) is 0 Å². The van der Waals surface area contributed by atoms with Crippen molar-refractivity contribution in [1.29, 1.82) is 5.26 Å². The van der Waals surface area contributed by atoms with Crippen LogP contribution < -0.4 is 24.3 Å². The van der Waals surface area contributed by atoms with Crippen molar-refractivity contribution in [2.45, 2.75) is 58.1 Å². The Morgan fingerprint density at radius 2 is 1.98 bits per heavy atom. The maximum atomic E-state index is 15.6. The fourth-order valence-electron chi connectivity index (χ4n) is 5.93. The Bertz CT molecular complexity index is 1900. The molecule has 2 atom stereocenters. The van der Waals surface area contributed by atoms with Gasteiger partial charge in [0.25, 0.3) is 0 Å². The number of esters is 1. The van der Waals surface area contributed by atoms with Crippen LogP contribution in [-0.2, 0) is 29.1 Å². The zero-order valence-electron chi connectivity index (χ0n) is 27.0. The van der Waals surface area contributed by atoms with Crippen LogP contribution in [0.15, 0.2) is 60.9 Å². The summed E-state index contributed by atoms with van der Waals surface area (Å²) in [5, 5.41) is 22.5. The van der Waals surface area contributed by atoms with Gasteiger partial charge < -0.3 is 28.8 Å². The molecule has 0 spiro atoms. The van der Waals surface area contributed by atoms with Crippen LogP contribution >= 0.6 is 11.6 Å². The van der Waals surface area contributed by atoms with Crippen LogP contribution in [0.5, 0.6) is 23.0 Å². The summed E-state index contributed by atoms with van der Waals surface area (Å²) in [6.45, 7) is 3.85. The Balaban J connectivity index is 1.27. The highest BCUT2D eigenvalue weighted by molar-refractivity contribution is 6.32. The highest BCUT2D eigenvalue weighted by Gasteiger charge is 2.30. The lowest BCUT2D eigenvalue weighted by molar-refractivity contribution is -0.151. The first kappa shape index (κ1) is 34.0. The molecule has 49 heavy (non-hydrogen) atoms. The normalized spacial score (nSPS) is 15.3.